The standard InChI is InChI=1S/C20H26N2O9/c1-5-17(25)29-12-8-9-16(24)22(11-14-31-19(27)7-3)20(28)21(15(4)23)10-13-30-18(26)6-2/h5-7H,1-3,8-14H2,4H3. The van der Waals surface area contributed by atoms with Gasteiger partial charge in [0.05, 0.1) is 19.7 Å². The number of amides is 4. The van der Waals surface area contributed by atoms with Crippen LogP contribution in [0.3, 0.4) is 0 Å². The lowest BCUT2D eigenvalue weighted by Gasteiger charge is -2.27. The number of hydrogen-bond acceptors (Lipinski definition) is 9. The Labute approximate surface area is 179 Å². The molecule has 0 rings (SSSR count). The summed E-state index contributed by atoms with van der Waals surface area (Å²) >= 11 is 0. The Morgan fingerprint density at radius 1 is 0.710 bits per heavy atom. The molecule has 0 aliphatic carbocycles. The third kappa shape index (κ3) is 11.1. The molecule has 0 heterocycles. The third-order valence-corrected chi connectivity index (χ3v) is 3.54. The highest BCUT2D eigenvalue weighted by molar-refractivity contribution is 6.01. The van der Waals surface area contributed by atoms with Crippen molar-refractivity contribution in [1.82, 2.24) is 9.80 Å². The van der Waals surface area contributed by atoms with Gasteiger partial charge in [-0.2, -0.15) is 0 Å². The van der Waals surface area contributed by atoms with Crippen molar-refractivity contribution in [3.63, 3.8) is 0 Å². The summed E-state index contributed by atoms with van der Waals surface area (Å²) in [5.74, 6) is -3.54. The number of esters is 3. The van der Waals surface area contributed by atoms with Gasteiger partial charge < -0.3 is 14.2 Å². The summed E-state index contributed by atoms with van der Waals surface area (Å²) < 4.78 is 14.3. The zero-order chi connectivity index (χ0) is 23.8. The average molecular weight is 438 g/mol. The van der Waals surface area contributed by atoms with Crippen molar-refractivity contribution in [1.29, 1.82) is 0 Å². The number of carbonyl (C=O) groups is 6. The van der Waals surface area contributed by atoms with Gasteiger partial charge in [-0.15, -0.1) is 0 Å². The minimum Gasteiger partial charge on any atom is -0.463 e. The Hall–Kier alpha value is -3.76. The third-order valence-electron chi connectivity index (χ3n) is 3.54. The van der Waals surface area contributed by atoms with E-state index in [0.29, 0.717) is 4.90 Å². The van der Waals surface area contributed by atoms with E-state index >= 15 is 0 Å². The molecule has 4 amide bonds. The Morgan fingerprint density at radius 2 is 1.13 bits per heavy atom. The van der Waals surface area contributed by atoms with Crippen molar-refractivity contribution in [2.45, 2.75) is 19.8 Å². The van der Waals surface area contributed by atoms with E-state index in [9.17, 15) is 28.8 Å². The summed E-state index contributed by atoms with van der Waals surface area (Å²) in [4.78, 5) is 72.0. The Morgan fingerprint density at radius 3 is 1.55 bits per heavy atom. The van der Waals surface area contributed by atoms with E-state index in [1.54, 1.807) is 0 Å². The smallest absolute Gasteiger partial charge is 0.333 e. The van der Waals surface area contributed by atoms with E-state index in [4.69, 9.17) is 14.2 Å². The first-order valence-electron chi connectivity index (χ1n) is 9.17. The molecule has 0 aromatic rings. The Bertz CT molecular complexity index is 730. The van der Waals surface area contributed by atoms with Crippen molar-refractivity contribution in [2.75, 3.05) is 32.9 Å². The first kappa shape index (κ1) is 27.2. The summed E-state index contributed by atoms with van der Waals surface area (Å²) in [6.45, 7) is 9.44. The molecule has 0 N–H and O–H groups in total. The van der Waals surface area contributed by atoms with Crippen LogP contribution < -0.4 is 0 Å². The SMILES string of the molecule is C=CC(=O)OCCCC(=O)N(CCOC(=O)C=C)C(=O)N(CCOC(=O)C=C)C(C)=O. The molecule has 0 radical (unpaired) electrons. The summed E-state index contributed by atoms with van der Waals surface area (Å²) in [5.41, 5.74) is 0. The number of rotatable bonds is 13. The van der Waals surface area contributed by atoms with Crippen LogP contribution in [0.15, 0.2) is 38.0 Å². The zero-order valence-corrected chi connectivity index (χ0v) is 17.4. The quantitative estimate of drug-likeness (QED) is 0.176. The number of nitrogens with zero attached hydrogens (tertiary/aromatic N) is 2. The maximum Gasteiger partial charge on any atom is 0.333 e. The van der Waals surface area contributed by atoms with Gasteiger partial charge >= 0.3 is 23.9 Å². The van der Waals surface area contributed by atoms with E-state index < -0.39 is 35.8 Å². The molecule has 0 bridgehead atoms. The van der Waals surface area contributed by atoms with Gasteiger partial charge in [0.2, 0.25) is 11.8 Å². The van der Waals surface area contributed by atoms with E-state index in [2.05, 4.69) is 19.7 Å². The average Bonchev–Trinajstić information content (AvgIpc) is 2.75. The predicted molar refractivity (Wildman–Crippen MR) is 107 cm³/mol. The van der Waals surface area contributed by atoms with Crippen LogP contribution in [-0.2, 0) is 38.2 Å². The molecule has 0 aliphatic heterocycles. The fraction of sp³-hybridized carbons (Fsp3) is 0.400. The molecule has 31 heavy (non-hydrogen) atoms. The Balaban J connectivity index is 5.19. The molecule has 0 fully saturated rings. The van der Waals surface area contributed by atoms with Gasteiger partial charge in [-0.1, -0.05) is 19.7 Å². The molecular weight excluding hydrogens is 412 g/mol. The molecular formula is C20H26N2O9. The van der Waals surface area contributed by atoms with Gasteiger partial charge in [0, 0.05) is 31.6 Å². The lowest BCUT2D eigenvalue weighted by molar-refractivity contribution is -0.141. The van der Waals surface area contributed by atoms with Gasteiger partial charge in [0.25, 0.3) is 0 Å². The van der Waals surface area contributed by atoms with E-state index in [1.165, 1.54) is 0 Å². The van der Waals surface area contributed by atoms with Crippen LogP contribution in [0.5, 0.6) is 0 Å². The van der Waals surface area contributed by atoms with Crippen LogP contribution in [0.1, 0.15) is 19.8 Å². The number of carbonyl (C=O) groups excluding carboxylic acids is 6. The van der Waals surface area contributed by atoms with Crippen LogP contribution in [0, 0.1) is 0 Å². The monoisotopic (exact) mass is 438 g/mol. The lowest BCUT2D eigenvalue weighted by Crippen LogP contribution is -2.50. The zero-order valence-electron chi connectivity index (χ0n) is 17.4. The highest BCUT2D eigenvalue weighted by atomic mass is 16.5. The predicted octanol–water partition coefficient (Wildman–Crippen LogP) is 0.751. The van der Waals surface area contributed by atoms with Gasteiger partial charge in [0.15, 0.2) is 0 Å². The second-order valence-corrected chi connectivity index (χ2v) is 5.72. The molecule has 0 atom stereocenters. The van der Waals surface area contributed by atoms with Crippen LogP contribution in [0.2, 0.25) is 0 Å². The van der Waals surface area contributed by atoms with Crippen molar-refractivity contribution in [3.8, 4) is 0 Å². The number of ether oxygens (including phenoxy) is 3. The van der Waals surface area contributed by atoms with Crippen LogP contribution in [0.25, 0.3) is 0 Å². The van der Waals surface area contributed by atoms with E-state index in [0.717, 1.165) is 30.1 Å². The number of hydrogen-bond donors (Lipinski definition) is 0. The van der Waals surface area contributed by atoms with Gasteiger partial charge in [-0.3, -0.25) is 19.4 Å². The molecule has 170 valence electrons. The second kappa shape index (κ2) is 15.1. The fourth-order valence-corrected chi connectivity index (χ4v) is 2.04. The molecule has 11 heteroatoms. The highest BCUT2D eigenvalue weighted by Crippen LogP contribution is 2.06. The number of imide groups is 2. The summed E-state index contributed by atoms with van der Waals surface area (Å²) in [7, 11) is 0. The molecule has 0 aromatic carbocycles. The van der Waals surface area contributed by atoms with Crippen molar-refractivity contribution < 1.29 is 43.0 Å². The van der Waals surface area contributed by atoms with Crippen molar-refractivity contribution in [2.24, 2.45) is 0 Å². The molecule has 0 unspecified atom stereocenters. The second-order valence-electron chi connectivity index (χ2n) is 5.72. The largest absolute Gasteiger partial charge is 0.463 e. The molecule has 0 aromatic heterocycles. The van der Waals surface area contributed by atoms with Crippen molar-refractivity contribution in [3.05, 3.63) is 38.0 Å². The molecule has 0 aliphatic rings. The normalized spacial score (nSPS) is 9.58. The van der Waals surface area contributed by atoms with Crippen LogP contribution >= 0.6 is 0 Å². The van der Waals surface area contributed by atoms with E-state index in [1.807, 2.05) is 0 Å². The fourth-order valence-electron chi connectivity index (χ4n) is 2.04. The van der Waals surface area contributed by atoms with Crippen LogP contribution in [0.4, 0.5) is 4.79 Å². The molecule has 0 spiro atoms. The lowest BCUT2D eigenvalue weighted by atomic mass is 10.3. The minimum absolute atomic E-state index is 0.0853. The first-order valence-corrected chi connectivity index (χ1v) is 9.17. The minimum atomic E-state index is -0.982. The number of urea groups is 1. The maximum absolute atomic E-state index is 12.8. The van der Waals surface area contributed by atoms with Crippen molar-refractivity contribution >= 4 is 35.8 Å². The topological polar surface area (TPSA) is 137 Å². The van der Waals surface area contributed by atoms with E-state index in [-0.39, 0.29) is 45.8 Å². The molecule has 11 nitrogen and oxygen atoms in total. The first-order chi connectivity index (χ1) is 14.7. The summed E-state index contributed by atoms with van der Waals surface area (Å²) in [6, 6.07) is -0.982. The van der Waals surface area contributed by atoms with Gasteiger partial charge in [-0.05, 0) is 6.42 Å². The van der Waals surface area contributed by atoms with Gasteiger partial charge in [0.1, 0.15) is 13.2 Å². The molecule has 0 saturated carbocycles. The van der Waals surface area contributed by atoms with Crippen LogP contribution in [-0.4, -0.2) is 78.5 Å². The summed E-state index contributed by atoms with van der Waals surface area (Å²) in [5, 5.41) is 0. The maximum atomic E-state index is 12.8. The Kier molecular flexibility index (Phi) is 13.3. The van der Waals surface area contributed by atoms with Gasteiger partial charge in [-0.25, -0.2) is 19.2 Å². The summed E-state index contributed by atoms with van der Waals surface area (Å²) in [6.07, 6.45) is 2.71. The molecule has 0 saturated heterocycles. The highest BCUT2D eigenvalue weighted by Gasteiger charge is 2.29.